The number of piperidine rings is 1. The van der Waals surface area contributed by atoms with E-state index in [9.17, 15) is 9.59 Å². The number of anilines is 1. The average molecular weight is 465 g/mol. The van der Waals surface area contributed by atoms with Crippen molar-refractivity contribution in [1.82, 2.24) is 24.8 Å². The number of carbonyl (C=O) groups is 2. The van der Waals surface area contributed by atoms with Gasteiger partial charge in [0.2, 0.25) is 5.82 Å². The number of hydrogen-bond acceptors (Lipinski definition) is 8. The van der Waals surface area contributed by atoms with Crippen molar-refractivity contribution in [3.63, 3.8) is 0 Å². The highest BCUT2D eigenvalue weighted by atomic mass is 16.5. The number of rotatable bonds is 7. The molecule has 1 amide bonds. The zero-order valence-corrected chi connectivity index (χ0v) is 19.3. The van der Waals surface area contributed by atoms with Crippen LogP contribution in [0.15, 0.2) is 24.3 Å². The van der Waals surface area contributed by atoms with Crippen molar-refractivity contribution < 1.29 is 14.3 Å². The average Bonchev–Trinajstić information content (AvgIpc) is 3.20. The minimum Gasteiger partial charge on any atom is -0.469 e. The Hall–Kier alpha value is -4.02. The van der Waals surface area contributed by atoms with Gasteiger partial charge in [0.15, 0.2) is 11.5 Å². The van der Waals surface area contributed by atoms with E-state index in [0.717, 1.165) is 43.4 Å². The van der Waals surface area contributed by atoms with Crippen molar-refractivity contribution in [1.29, 1.82) is 5.41 Å². The molecule has 4 rings (SSSR count). The maximum atomic E-state index is 12.8. The Morgan fingerprint density at radius 2 is 1.82 bits per heavy atom. The molecule has 4 N–H and O–H groups in total. The molecule has 0 atom stereocenters. The van der Waals surface area contributed by atoms with Crippen LogP contribution in [0.3, 0.4) is 0 Å². The number of amides is 1. The number of imidazole rings is 1. The summed E-state index contributed by atoms with van der Waals surface area (Å²) in [4.78, 5) is 40.1. The van der Waals surface area contributed by atoms with Gasteiger partial charge in [-0.3, -0.25) is 15.0 Å². The Bertz CT molecular complexity index is 1230. The molecular weight excluding hydrogens is 436 g/mol. The van der Waals surface area contributed by atoms with Crippen LogP contribution in [-0.4, -0.2) is 64.0 Å². The van der Waals surface area contributed by atoms with Gasteiger partial charge in [0, 0.05) is 37.8 Å². The monoisotopic (exact) mass is 464 g/mol. The Labute approximate surface area is 196 Å². The molecule has 1 aliphatic heterocycles. The van der Waals surface area contributed by atoms with Crippen molar-refractivity contribution in [3.05, 3.63) is 35.7 Å². The van der Waals surface area contributed by atoms with Crippen LogP contribution in [0.25, 0.3) is 22.6 Å². The van der Waals surface area contributed by atoms with Gasteiger partial charge in [-0.15, -0.1) is 0 Å². The maximum Gasteiger partial charge on any atom is 0.307 e. The highest BCUT2D eigenvalue weighted by Gasteiger charge is 2.24. The molecule has 0 bridgehead atoms. The number of methoxy groups -OCH3 is 1. The van der Waals surface area contributed by atoms with Crippen molar-refractivity contribution in [3.8, 4) is 11.4 Å². The Morgan fingerprint density at radius 3 is 2.47 bits per heavy atom. The molecule has 0 spiro atoms. The fourth-order valence-corrected chi connectivity index (χ4v) is 4.03. The van der Waals surface area contributed by atoms with E-state index in [0.29, 0.717) is 22.9 Å². The van der Waals surface area contributed by atoms with Crippen LogP contribution in [0.5, 0.6) is 0 Å². The van der Waals surface area contributed by atoms with Gasteiger partial charge in [0.25, 0.3) is 5.91 Å². The summed E-state index contributed by atoms with van der Waals surface area (Å²) in [6, 6.07) is 7.25. The van der Waals surface area contributed by atoms with Crippen LogP contribution >= 0.6 is 0 Å². The number of fused-ring (bicyclic) bond motifs is 1. The number of aryl methyl sites for hydroxylation is 1. The quantitative estimate of drug-likeness (QED) is 0.271. The van der Waals surface area contributed by atoms with E-state index in [1.54, 1.807) is 12.1 Å². The molecule has 2 aromatic heterocycles. The largest absolute Gasteiger partial charge is 0.469 e. The molecular formula is C23H28N8O3. The summed E-state index contributed by atoms with van der Waals surface area (Å²) in [5.74, 6) is 0.468. The number of nitrogens with zero attached hydrogens (tertiary/aromatic N) is 5. The van der Waals surface area contributed by atoms with E-state index in [2.05, 4.69) is 24.9 Å². The maximum absolute atomic E-state index is 12.8. The van der Waals surface area contributed by atoms with Crippen LogP contribution in [0.2, 0.25) is 0 Å². The highest BCUT2D eigenvalue weighted by molar-refractivity contribution is 5.97. The van der Waals surface area contributed by atoms with Gasteiger partial charge in [-0.2, -0.15) is 0 Å². The second-order valence-corrected chi connectivity index (χ2v) is 8.16. The summed E-state index contributed by atoms with van der Waals surface area (Å²) in [6.45, 7) is 1.80. The Morgan fingerprint density at radius 1 is 1.12 bits per heavy atom. The molecule has 0 saturated carbocycles. The van der Waals surface area contributed by atoms with E-state index in [4.69, 9.17) is 16.1 Å². The van der Waals surface area contributed by atoms with Gasteiger partial charge in [0.05, 0.1) is 13.5 Å². The molecule has 1 saturated heterocycles. The number of esters is 1. The zero-order valence-electron chi connectivity index (χ0n) is 19.3. The normalized spacial score (nSPS) is 13.6. The second kappa shape index (κ2) is 9.86. The molecule has 1 aliphatic rings. The third-order valence-corrected chi connectivity index (χ3v) is 5.87. The van der Waals surface area contributed by atoms with Gasteiger partial charge < -0.3 is 25.3 Å². The summed E-state index contributed by atoms with van der Waals surface area (Å²) < 4.78 is 6.54. The number of nitrogen functional groups attached to an aromatic ring is 1. The number of carbonyl (C=O) groups excluding carboxylic acids is 2. The topological polar surface area (TPSA) is 152 Å². The van der Waals surface area contributed by atoms with Gasteiger partial charge in [-0.05, 0) is 19.3 Å². The lowest BCUT2D eigenvalue weighted by molar-refractivity contribution is -0.140. The number of nitrogens with two attached hydrogens (primary N) is 1. The molecule has 1 aromatic carbocycles. The van der Waals surface area contributed by atoms with Crippen LogP contribution < -0.4 is 16.0 Å². The Balaban J connectivity index is 1.74. The Kier molecular flexibility index (Phi) is 6.71. The van der Waals surface area contributed by atoms with Gasteiger partial charge in [0.1, 0.15) is 17.2 Å². The third kappa shape index (κ3) is 4.68. The molecule has 178 valence electrons. The predicted molar refractivity (Wildman–Crippen MR) is 128 cm³/mol. The fraction of sp³-hybridized carbons (Fsp3) is 0.391. The first kappa shape index (κ1) is 23.1. The minimum absolute atomic E-state index is 0.00217. The summed E-state index contributed by atoms with van der Waals surface area (Å²) >= 11 is 0. The molecule has 0 radical (unpaired) electrons. The molecule has 11 heteroatoms. The lowest BCUT2D eigenvalue weighted by Gasteiger charge is -2.28. The number of amidine groups is 1. The van der Waals surface area contributed by atoms with Crippen LogP contribution in [0.4, 0.5) is 5.82 Å². The highest BCUT2D eigenvalue weighted by Crippen LogP contribution is 2.30. The zero-order chi connectivity index (χ0) is 24.2. The van der Waals surface area contributed by atoms with Crippen molar-refractivity contribution in [2.24, 2.45) is 12.8 Å². The molecule has 0 unspecified atom stereocenters. The number of ether oxygens (including phenoxy) is 1. The van der Waals surface area contributed by atoms with Crippen molar-refractivity contribution in [2.45, 2.75) is 25.7 Å². The molecule has 3 heterocycles. The molecule has 0 aliphatic carbocycles. The number of nitrogens with one attached hydrogen (secondary N) is 2. The van der Waals surface area contributed by atoms with E-state index < -0.39 is 11.9 Å². The van der Waals surface area contributed by atoms with E-state index in [1.807, 2.05) is 23.7 Å². The predicted octanol–water partition coefficient (Wildman–Crippen LogP) is 1.60. The van der Waals surface area contributed by atoms with Crippen molar-refractivity contribution >= 4 is 34.7 Å². The van der Waals surface area contributed by atoms with Crippen LogP contribution in [-0.2, 0) is 16.6 Å². The smallest absolute Gasteiger partial charge is 0.307 e. The summed E-state index contributed by atoms with van der Waals surface area (Å²) in [5.41, 5.74) is 8.20. The van der Waals surface area contributed by atoms with Crippen LogP contribution in [0, 0.1) is 5.41 Å². The molecule has 1 fully saturated rings. The number of hydrogen-bond donors (Lipinski definition) is 3. The first-order valence-corrected chi connectivity index (χ1v) is 11.2. The van der Waals surface area contributed by atoms with E-state index >= 15 is 0 Å². The number of benzene rings is 1. The van der Waals surface area contributed by atoms with Gasteiger partial charge in [-0.1, -0.05) is 24.3 Å². The van der Waals surface area contributed by atoms with E-state index in [1.165, 1.54) is 7.11 Å². The van der Waals surface area contributed by atoms with E-state index in [-0.39, 0.29) is 24.6 Å². The van der Waals surface area contributed by atoms with Gasteiger partial charge in [-0.25, -0.2) is 15.0 Å². The lowest BCUT2D eigenvalue weighted by atomic mass is 10.1. The third-order valence-electron chi connectivity index (χ3n) is 5.87. The fourth-order valence-electron chi connectivity index (χ4n) is 4.03. The van der Waals surface area contributed by atoms with Crippen molar-refractivity contribution in [2.75, 3.05) is 31.6 Å². The molecule has 3 aromatic rings. The minimum atomic E-state index is -0.470. The molecule has 11 nitrogen and oxygen atoms in total. The first-order valence-electron chi connectivity index (χ1n) is 11.2. The SMILES string of the molecule is COC(=O)CCNC(=O)c1nc(N2CCCCC2)c2c(n1)nc(-c1ccc(C(=N)N)cc1)n2C. The number of aromatic nitrogens is 4. The second-order valence-electron chi connectivity index (χ2n) is 8.16. The summed E-state index contributed by atoms with van der Waals surface area (Å²) in [5, 5.41) is 10.3. The summed E-state index contributed by atoms with van der Waals surface area (Å²) in [7, 11) is 3.20. The van der Waals surface area contributed by atoms with Crippen LogP contribution in [0.1, 0.15) is 41.9 Å². The van der Waals surface area contributed by atoms with Gasteiger partial charge >= 0.3 is 5.97 Å². The first-order chi connectivity index (χ1) is 16.4. The molecule has 34 heavy (non-hydrogen) atoms. The lowest BCUT2D eigenvalue weighted by Crippen LogP contribution is -2.33. The standard InChI is InChI=1S/C23H28N8O3/c1-30-17-19(28-21(30)15-8-6-14(7-9-15)18(24)25)27-20(23(33)26-11-10-16(32)34-2)29-22(17)31-12-4-3-5-13-31/h6-9H,3-5,10-13H2,1-2H3,(H3,24,25)(H,26,33). The summed E-state index contributed by atoms with van der Waals surface area (Å²) in [6.07, 6.45) is 3.31.